The van der Waals surface area contributed by atoms with Crippen LogP contribution in [0, 0.1) is 5.92 Å². The lowest BCUT2D eigenvalue weighted by Gasteiger charge is -2.11. The van der Waals surface area contributed by atoms with Crippen molar-refractivity contribution in [3.8, 4) is 11.5 Å². The lowest BCUT2D eigenvalue weighted by molar-refractivity contribution is 0.242. The highest BCUT2D eigenvalue weighted by Gasteiger charge is 2.15. The highest BCUT2D eigenvalue weighted by atomic mass is 16.5. The fraction of sp³-hybridized carbons (Fsp3) is 0.500. The van der Waals surface area contributed by atoms with Crippen LogP contribution in [0.25, 0.3) is 0 Å². The molecule has 0 spiro atoms. The summed E-state index contributed by atoms with van der Waals surface area (Å²) in [6.07, 6.45) is 5.20. The van der Waals surface area contributed by atoms with Crippen molar-refractivity contribution < 1.29 is 9.84 Å². The molecule has 1 aliphatic rings. The number of hydrogen-bond acceptors (Lipinski definition) is 2. The molecular formula is C12H16O2. The number of aromatic hydroxyl groups is 1. The normalized spacial score (nSPS) is 17.1. The second-order valence-electron chi connectivity index (χ2n) is 3.93. The van der Waals surface area contributed by atoms with Crippen molar-refractivity contribution in [2.24, 2.45) is 5.92 Å². The van der Waals surface area contributed by atoms with Gasteiger partial charge in [-0.1, -0.05) is 25.0 Å². The molecule has 1 aliphatic carbocycles. The number of benzene rings is 1. The molecule has 0 unspecified atom stereocenters. The monoisotopic (exact) mass is 192 g/mol. The van der Waals surface area contributed by atoms with Gasteiger partial charge >= 0.3 is 0 Å². The average Bonchev–Trinajstić information content (AvgIpc) is 2.69. The molecular weight excluding hydrogens is 176 g/mol. The first-order valence-electron chi connectivity index (χ1n) is 5.27. The summed E-state index contributed by atoms with van der Waals surface area (Å²) in [6, 6.07) is 7.15. The molecule has 1 fully saturated rings. The van der Waals surface area contributed by atoms with Gasteiger partial charge in [0.15, 0.2) is 11.5 Å². The minimum atomic E-state index is 0.241. The van der Waals surface area contributed by atoms with Crippen LogP contribution in [0.3, 0.4) is 0 Å². The third-order valence-electron chi connectivity index (χ3n) is 2.81. The number of rotatable bonds is 3. The van der Waals surface area contributed by atoms with Crippen molar-refractivity contribution >= 4 is 0 Å². The zero-order valence-corrected chi connectivity index (χ0v) is 8.28. The van der Waals surface area contributed by atoms with E-state index < -0.39 is 0 Å². The molecule has 0 amide bonds. The van der Waals surface area contributed by atoms with E-state index in [0.29, 0.717) is 11.7 Å². The molecule has 1 saturated carbocycles. The van der Waals surface area contributed by atoms with Gasteiger partial charge in [0.2, 0.25) is 0 Å². The van der Waals surface area contributed by atoms with Gasteiger partial charge in [0.1, 0.15) is 0 Å². The zero-order valence-electron chi connectivity index (χ0n) is 8.28. The van der Waals surface area contributed by atoms with Crippen LogP contribution in [-0.4, -0.2) is 11.7 Å². The highest BCUT2D eigenvalue weighted by molar-refractivity contribution is 5.37. The summed E-state index contributed by atoms with van der Waals surface area (Å²) in [7, 11) is 0. The number of phenolic OH excluding ortho intramolecular Hbond substituents is 1. The molecule has 2 heteroatoms. The van der Waals surface area contributed by atoms with E-state index in [1.54, 1.807) is 12.1 Å². The quantitative estimate of drug-likeness (QED) is 0.797. The molecule has 0 bridgehead atoms. The van der Waals surface area contributed by atoms with Crippen LogP contribution in [0.2, 0.25) is 0 Å². The Bertz CT molecular complexity index is 290. The van der Waals surface area contributed by atoms with Gasteiger partial charge in [0.25, 0.3) is 0 Å². The van der Waals surface area contributed by atoms with Gasteiger partial charge in [-0.25, -0.2) is 0 Å². The van der Waals surface area contributed by atoms with Crippen LogP contribution in [0.15, 0.2) is 24.3 Å². The first-order chi connectivity index (χ1) is 6.86. The summed E-state index contributed by atoms with van der Waals surface area (Å²) in [5.41, 5.74) is 0. The first kappa shape index (κ1) is 9.38. The molecule has 0 aromatic heterocycles. The lowest BCUT2D eigenvalue weighted by Crippen LogP contribution is -2.07. The Labute approximate surface area is 84.5 Å². The molecule has 14 heavy (non-hydrogen) atoms. The molecule has 2 nitrogen and oxygen atoms in total. The van der Waals surface area contributed by atoms with Crippen LogP contribution >= 0.6 is 0 Å². The fourth-order valence-corrected chi connectivity index (χ4v) is 1.96. The van der Waals surface area contributed by atoms with Crippen molar-refractivity contribution in [2.75, 3.05) is 6.61 Å². The first-order valence-corrected chi connectivity index (χ1v) is 5.27. The topological polar surface area (TPSA) is 29.5 Å². The molecule has 0 heterocycles. The summed E-state index contributed by atoms with van der Waals surface area (Å²) in [6.45, 7) is 0.748. The van der Waals surface area contributed by atoms with Gasteiger partial charge in [-0.3, -0.25) is 0 Å². The Morgan fingerprint density at radius 2 is 1.93 bits per heavy atom. The molecule has 1 aromatic carbocycles. The summed E-state index contributed by atoms with van der Waals surface area (Å²) >= 11 is 0. The average molecular weight is 192 g/mol. The predicted octanol–water partition coefficient (Wildman–Crippen LogP) is 2.96. The van der Waals surface area contributed by atoms with Crippen molar-refractivity contribution in [3.63, 3.8) is 0 Å². The van der Waals surface area contributed by atoms with Crippen LogP contribution < -0.4 is 4.74 Å². The van der Waals surface area contributed by atoms with Crippen molar-refractivity contribution in [2.45, 2.75) is 25.7 Å². The zero-order chi connectivity index (χ0) is 9.80. The molecule has 2 rings (SSSR count). The molecule has 1 N–H and O–H groups in total. The van der Waals surface area contributed by atoms with Crippen LogP contribution in [0.5, 0.6) is 11.5 Å². The maximum absolute atomic E-state index is 9.46. The summed E-state index contributed by atoms with van der Waals surface area (Å²) in [4.78, 5) is 0. The summed E-state index contributed by atoms with van der Waals surface area (Å²) in [5, 5.41) is 9.46. The molecule has 76 valence electrons. The number of phenols is 1. The van der Waals surface area contributed by atoms with Crippen LogP contribution in [0.4, 0.5) is 0 Å². The summed E-state index contributed by atoms with van der Waals surface area (Å²) < 4.78 is 5.57. The van der Waals surface area contributed by atoms with E-state index in [1.165, 1.54) is 25.7 Å². The Kier molecular flexibility index (Phi) is 2.92. The molecule has 0 aliphatic heterocycles. The smallest absolute Gasteiger partial charge is 0.160 e. The van der Waals surface area contributed by atoms with E-state index in [9.17, 15) is 5.11 Å². The van der Waals surface area contributed by atoms with Gasteiger partial charge in [-0.2, -0.15) is 0 Å². The second kappa shape index (κ2) is 4.36. The van der Waals surface area contributed by atoms with Gasteiger partial charge in [0.05, 0.1) is 6.61 Å². The van der Waals surface area contributed by atoms with Crippen LogP contribution in [-0.2, 0) is 0 Å². The number of para-hydroxylation sites is 2. The van der Waals surface area contributed by atoms with E-state index in [2.05, 4.69) is 0 Å². The van der Waals surface area contributed by atoms with E-state index in [1.807, 2.05) is 12.1 Å². The van der Waals surface area contributed by atoms with E-state index in [-0.39, 0.29) is 5.75 Å². The fourth-order valence-electron chi connectivity index (χ4n) is 1.96. The van der Waals surface area contributed by atoms with Gasteiger partial charge in [0, 0.05) is 0 Å². The lowest BCUT2D eigenvalue weighted by atomic mass is 10.1. The van der Waals surface area contributed by atoms with Crippen LogP contribution in [0.1, 0.15) is 25.7 Å². The van der Waals surface area contributed by atoms with Gasteiger partial charge in [-0.15, -0.1) is 0 Å². The van der Waals surface area contributed by atoms with Crippen molar-refractivity contribution in [1.29, 1.82) is 0 Å². The van der Waals surface area contributed by atoms with Crippen molar-refractivity contribution in [1.82, 2.24) is 0 Å². The minimum absolute atomic E-state index is 0.241. The maximum Gasteiger partial charge on any atom is 0.160 e. The Morgan fingerprint density at radius 3 is 2.64 bits per heavy atom. The molecule has 0 radical (unpaired) electrons. The number of hydrogen-bond donors (Lipinski definition) is 1. The highest BCUT2D eigenvalue weighted by Crippen LogP contribution is 2.28. The predicted molar refractivity (Wildman–Crippen MR) is 55.6 cm³/mol. The third-order valence-corrected chi connectivity index (χ3v) is 2.81. The minimum Gasteiger partial charge on any atom is -0.504 e. The van der Waals surface area contributed by atoms with E-state index >= 15 is 0 Å². The summed E-state index contributed by atoms with van der Waals surface area (Å²) in [5.74, 6) is 1.54. The van der Waals surface area contributed by atoms with E-state index in [0.717, 1.165) is 6.61 Å². The third kappa shape index (κ3) is 2.19. The second-order valence-corrected chi connectivity index (χ2v) is 3.93. The molecule has 1 aromatic rings. The Balaban J connectivity index is 1.88. The standard InChI is InChI=1S/C12H16O2/c13-11-7-3-4-8-12(11)14-9-10-5-1-2-6-10/h3-4,7-8,10,13H,1-2,5-6,9H2. The van der Waals surface area contributed by atoms with E-state index in [4.69, 9.17) is 4.74 Å². The Hall–Kier alpha value is -1.18. The van der Waals surface area contributed by atoms with Gasteiger partial charge in [-0.05, 0) is 30.9 Å². The van der Waals surface area contributed by atoms with Gasteiger partial charge < -0.3 is 9.84 Å². The SMILES string of the molecule is Oc1ccccc1OCC1CCCC1. The Morgan fingerprint density at radius 1 is 1.21 bits per heavy atom. The number of ether oxygens (including phenoxy) is 1. The molecule has 0 saturated heterocycles. The molecule has 0 atom stereocenters. The van der Waals surface area contributed by atoms with Crippen molar-refractivity contribution in [3.05, 3.63) is 24.3 Å². The maximum atomic E-state index is 9.46. The largest absolute Gasteiger partial charge is 0.504 e.